The van der Waals surface area contributed by atoms with Gasteiger partial charge in [0.2, 0.25) is 17.7 Å². The van der Waals surface area contributed by atoms with Crippen molar-refractivity contribution in [2.75, 3.05) is 26.2 Å². The van der Waals surface area contributed by atoms with Crippen molar-refractivity contribution in [3.63, 3.8) is 0 Å². The molecule has 3 saturated heterocycles. The second kappa shape index (κ2) is 11.0. The van der Waals surface area contributed by atoms with Crippen LogP contribution in [0.1, 0.15) is 81.1 Å². The van der Waals surface area contributed by atoms with E-state index in [2.05, 4.69) is 33.9 Å². The molecule has 0 aromatic heterocycles. The Morgan fingerprint density at radius 1 is 1.15 bits per heavy atom. The lowest BCUT2D eigenvalue weighted by Gasteiger charge is -2.46. The number of aliphatic hydroxyl groups is 1. The molecule has 3 amide bonds. The molecule has 8 heteroatoms. The van der Waals surface area contributed by atoms with Gasteiger partial charge in [-0.1, -0.05) is 39.8 Å². The molecule has 0 saturated carbocycles. The maximum Gasteiger partial charge on any atom is 0.249 e. The number of aliphatic hydroxyl groups excluding tert-OH is 1. The second-order valence-electron chi connectivity index (χ2n) is 13.9. The number of likely N-dealkylation sites (tertiary alicyclic amines) is 1. The number of amides is 3. The summed E-state index contributed by atoms with van der Waals surface area (Å²) in [5.41, 5.74) is -2.56. The Labute approximate surface area is 235 Å². The molecule has 3 rings (SSSR count). The third kappa shape index (κ3) is 5.31. The van der Waals surface area contributed by atoms with E-state index < -0.39 is 40.7 Å². The molecular formula is C31H51N3O5. The quantitative estimate of drug-likeness (QED) is 0.377. The minimum Gasteiger partial charge on any atom is -0.394 e. The molecule has 0 radical (unpaired) electrons. The highest BCUT2D eigenvalue weighted by molar-refractivity contribution is 5.99. The number of rotatable bonds is 12. The van der Waals surface area contributed by atoms with Crippen LogP contribution in [0, 0.1) is 17.3 Å². The third-order valence-electron chi connectivity index (χ3n) is 8.88. The summed E-state index contributed by atoms with van der Waals surface area (Å²) in [6.45, 7) is 24.9. The van der Waals surface area contributed by atoms with Crippen molar-refractivity contribution >= 4 is 17.7 Å². The minimum absolute atomic E-state index is 0.0468. The molecule has 3 fully saturated rings. The Kier molecular flexibility index (Phi) is 8.84. The van der Waals surface area contributed by atoms with Crippen molar-refractivity contribution in [3.05, 3.63) is 25.3 Å². The van der Waals surface area contributed by atoms with E-state index in [4.69, 9.17) is 4.74 Å². The average molecular weight is 546 g/mol. The van der Waals surface area contributed by atoms with Gasteiger partial charge in [0, 0.05) is 25.2 Å². The molecule has 1 N–H and O–H groups in total. The van der Waals surface area contributed by atoms with Crippen molar-refractivity contribution in [1.29, 1.82) is 0 Å². The fraction of sp³-hybridized carbons (Fsp3) is 0.774. The Morgan fingerprint density at radius 2 is 1.77 bits per heavy atom. The molecule has 220 valence electrons. The zero-order chi connectivity index (χ0) is 29.6. The van der Waals surface area contributed by atoms with E-state index in [9.17, 15) is 19.5 Å². The fourth-order valence-electron chi connectivity index (χ4n) is 7.80. The van der Waals surface area contributed by atoms with Gasteiger partial charge in [-0.2, -0.15) is 0 Å². The number of fused-ring (bicyclic) bond motifs is 1. The van der Waals surface area contributed by atoms with Crippen molar-refractivity contribution in [1.82, 2.24) is 14.7 Å². The highest BCUT2D eigenvalue weighted by Crippen LogP contribution is 2.64. The summed E-state index contributed by atoms with van der Waals surface area (Å²) in [5.74, 6) is -2.10. The Balaban J connectivity index is 2.14. The molecule has 0 aromatic rings. The van der Waals surface area contributed by atoms with Crippen LogP contribution in [0.3, 0.4) is 0 Å². The number of hydrogen-bond donors (Lipinski definition) is 1. The smallest absolute Gasteiger partial charge is 0.249 e. The topological polar surface area (TPSA) is 90.4 Å². The van der Waals surface area contributed by atoms with Gasteiger partial charge in [-0.15, -0.1) is 13.2 Å². The zero-order valence-electron chi connectivity index (χ0n) is 25.5. The molecule has 0 aromatic carbocycles. The molecule has 1 spiro atoms. The SMILES string of the molecule is C=CCN(CCC)C(=O)[C@@H]1[C@H]2C(=O)N([C@H](C)CO)C(C(=O)N(CC=C)C(C)(C)CC(C)(C)C)C23CC[C@@]1(C)O3. The summed E-state index contributed by atoms with van der Waals surface area (Å²) in [4.78, 5) is 48.1. The third-order valence-corrected chi connectivity index (χ3v) is 8.88. The van der Waals surface area contributed by atoms with Crippen LogP contribution in [-0.2, 0) is 19.1 Å². The van der Waals surface area contributed by atoms with E-state index in [1.165, 1.54) is 4.90 Å². The summed E-state index contributed by atoms with van der Waals surface area (Å²) in [5, 5.41) is 10.2. The molecule has 8 nitrogen and oxygen atoms in total. The van der Waals surface area contributed by atoms with Gasteiger partial charge < -0.3 is 24.5 Å². The van der Waals surface area contributed by atoms with E-state index >= 15 is 0 Å². The number of nitrogens with zero attached hydrogens (tertiary/aromatic N) is 3. The molecule has 3 aliphatic heterocycles. The molecule has 6 atom stereocenters. The first-order valence-corrected chi connectivity index (χ1v) is 14.5. The predicted octanol–water partition coefficient (Wildman–Crippen LogP) is 3.79. The monoisotopic (exact) mass is 545 g/mol. The lowest BCUT2D eigenvalue weighted by molar-refractivity contribution is -0.159. The highest BCUT2D eigenvalue weighted by atomic mass is 16.5. The van der Waals surface area contributed by atoms with Crippen molar-refractivity contribution in [3.8, 4) is 0 Å². The summed E-state index contributed by atoms with van der Waals surface area (Å²) < 4.78 is 6.79. The normalized spacial score (nSPS) is 30.7. The fourth-order valence-corrected chi connectivity index (χ4v) is 7.80. The minimum atomic E-state index is -1.13. The van der Waals surface area contributed by atoms with Crippen LogP contribution in [0.25, 0.3) is 0 Å². The van der Waals surface area contributed by atoms with Crippen molar-refractivity contribution in [2.24, 2.45) is 17.3 Å². The van der Waals surface area contributed by atoms with Crippen LogP contribution in [0.15, 0.2) is 25.3 Å². The largest absolute Gasteiger partial charge is 0.394 e. The summed E-state index contributed by atoms with van der Waals surface area (Å²) >= 11 is 0. The highest BCUT2D eigenvalue weighted by Gasteiger charge is 2.78. The number of carbonyl (C=O) groups excluding carboxylic acids is 3. The van der Waals surface area contributed by atoms with Gasteiger partial charge in [-0.3, -0.25) is 14.4 Å². The van der Waals surface area contributed by atoms with Gasteiger partial charge in [-0.25, -0.2) is 0 Å². The van der Waals surface area contributed by atoms with Crippen molar-refractivity contribution < 1.29 is 24.2 Å². The van der Waals surface area contributed by atoms with Crippen LogP contribution in [-0.4, -0.2) is 92.6 Å². The number of ether oxygens (including phenoxy) is 1. The predicted molar refractivity (Wildman–Crippen MR) is 153 cm³/mol. The molecule has 3 aliphatic rings. The van der Waals surface area contributed by atoms with Crippen LogP contribution in [0.4, 0.5) is 0 Å². The lowest BCUT2D eigenvalue weighted by atomic mass is 9.66. The first kappa shape index (κ1) is 31.3. The van der Waals surface area contributed by atoms with E-state index in [1.54, 1.807) is 24.0 Å². The Morgan fingerprint density at radius 3 is 2.28 bits per heavy atom. The number of hydrogen-bond acceptors (Lipinski definition) is 5. The molecule has 0 aliphatic carbocycles. The van der Waals surface area contributed by atoms with Gasteiger partial charge in [-0.05, 0) is 58.8 Å². The van der Waals surface area contributed by atoms with Crippen LogP contribution < -0.4 is 0 Å². The first-order chi connectivity index (χ1) is 18.0. The molecular weight excluding hydrogens is 494 g/mol. The number of carbonyl (C=O) groups is 3. The molecule has 2 bridgehead atoms. The molecule has 2 unspecified atom stereocenters. The van der Waals surface area contributed by atoms with Gasteiger partial charge >= 0.3 is 0 Å². The average Bonchev–Trinajstić information content (AvgIpc) is 3.40. The Bertz CT molecular complexity index is 987. The van der Waals surface area contributed by atoms with Crippen LogP contribution in [0.5, 0.6) is 0 Å². The Hall–Kier alpha value is -2.19. The van der Waals surface area contributed by atoms with Gasteiger partial charge in [0.1, 0.15) is 11.6 Å². The van der Waals surface area contributed by atoms with Gasteiger partial charge in [0.25, 0.3) is 0 Å². The first-order valence-electron chi connectivity index (χ1n) is 14.5. The van der Waals surface area contributed by atoms with E-state index in [1.807, 2.05) is 32.6 Å². The standard InChI is InChI=1S/C31H51N3O5/c1-11-16-32(17-12-2)25(36)22-23-26(37)34(21(4)19-35)24(31(23)15-14-30(22,10)39-31)27(38)33(18-13-3)29(8,9)20-28(5,6)7/h11,13,21-24,35H,1,3,12,14-20H2,2,4-10H3/t21-,22+,23+,24?,30-,31?/m1/s1. The molecule has 39 heavy (non-hydrogen) atoms. The van der Waals surface area contributed by atoms with E-state index in [0.29, 0.717) is 32.5 Å². The second-order valence-corrected chi connectivity index (χ2v) is 13.9. The van der Waals surface area contributed by atoms with E-state index in [-0.39, 0.29) is 29.7 Å². The van der Waals surface area contributed by atoms with Gasteiger partial charge in [0.05, 0.1) is 30.1 Å². The van der Waals surface area contributed by atoms with Crippen LogP contribution in [0.2, 0.25) is 0 Å². The van der Waals surface area contributed by atoms with Gasteiger partial charge in [0.15, 0.2) is 0 Å². The summed E-state index contributed by atoms with van der Waals surface area (Å²) in [7, 11) is 0. The zero-order valence-corrected chi connectivity index (χ0v) is 25.5. The maximum atomic E-state index is 14.7. The van der Waals surface area contributed by atoms with Crippen LogP contribution >= 0.6 is 0 Å². The summed E-state index contributed by atoms with van der Waals surface area (Å²) in [6, 6.07) is -1.54. The summed E-state index contributed by atoms with van der Waals surface area (Å²) in [6.07, 6.45) is 6.02. The maximum absolute atomic E-state index is 14.7. The molecule has 3 heterocycles. The lowest BCUT2D eigenvalue weighted by Crippen LogP contribution is -2.62. The van der Waals surface area contributed by atoms with Crippen molar-refractivity contribution in [2.45, 2.75) is 110 Å². The van der Waals surface area contributed by atoms with E-state index in [0.717, 1.165) is 12.8 Å².